The smallest absolute Gasteiger partial charge is 0.407 e. The molecule has 1 fully saturated rings. The van der Waals surface area contributed by atoms with Crippen LogP contribution in [0.3, 0.4) is 0 Å². The van der Waals surface area contributed by atoms with Crippen LogP contribution in [-0.2, 0) is 22.5 Å². The number of nitrogens with zero attached hydrogens (tertiary/aromatic N) is 2. The van der Waals surface area contributed by atoms with Crippen molar-refractivity contribution in [3.8, 4) is 5.75 Å². The molecule has 1 N–H and O–H groups in total. The first kappa shape index (κ1) is 24.2. The van der Waals surface area contributed by atoms with Crippen LogP contribution in [0.2, 0.25) is 0 Å². The first-order chi connectivity index (χ1) is 14.9. The minimum absolute atomic E-state index is 0.00545. The number of carbonyl (C=O) groups is 2. The van der Waals surface area contributed by atoms with Gasteiger partial charge >= 0.3 is 12.7 Å². The van der Waals surface area contributed by atoms with Crippen LogP contribution in [0.5, 0.6) is 5.75 Å². The number of aromatic nitrogens is 1. The molecule has 178 valence electrons. The Labute approximate surface area is 187 Å². The third-order valence-electron chi connectivity index (χ3n) is 6.33. The molecule has 2 amide bonds. The lowest BCUT2D eigenvalue weighted by atomic mass is 9.74. The maximum absolute atomic E-state index is 13.7. The lowest BCUT2D eigenvalue weighted by Gasteiger charge is -2.39. The van der Waals surface area contributed by atoms with Gasteiger partial charge in [-0.15, -0.1) is 0 Å². The number of carbonyl (C=O) groups excluding carboxylic acids is 2. The van der Waals surface area contributed by atoms with Gasteiger partial charge in [0.15, 0.2) is 0 Å². The average Bonchev–Trinajstić information content (AvgIpc) is 3.09. The van der Waals surface area contributed by atoms with Crippen molar-refractivity contribution in [3.63, 3.8) is 0 Å². The predicted molar refractivity (Wildman–Crippen MR) is 114 cm³/mol. The molecule has 2 atom stereocenters. The van der Waals surface area contributed by atoms with Crippen LogP contribution >= 0.6 is 0 Å². The van der Waals surface area contributed by atoms with E-state index in [2.05, 4.69) is 15.0 Å². The van der Waals surface area contributed by atoms with Crippen LogP contribution in [0.15, 0.2) is 12.3 Å². The molecule has 1 aromatic heterocycles. The molecular weight excluding hydrogens is 420 g/mol. The Hall–Kier alpha value is -2.45. The maximum atomic E-state index is 13.7. The number of hydrogen-bond acceptors (Lipinski definition) is 5. The minimum Gasteiger partial charge on any atom is -0.444 e. The van der Waals surface area contributed by atoms with Gasteiger partial charge in [-0.05, 0) is 57.6 Å². The van der Waals surface area contributed by atoms with Crippen molar-refractivity contribution >= 4 is 12.0 Å². The van der Waals surface area contributed by atoms with Gasteiger partial charge in [0.2, 0.25) is 5.91 Å². The summed E-state index contributed by atoms with van der Waals surface area (Å²) in [5, 5.41) is 2.91. The zero-order valence-electron chi connectivity index (χ0n) is 19.4. The van der Waals surface area contributed by atoms with Gasteiger partial charge in [-0.25, -0.2) is 4.79 Å². The van der Waals surface area contributed by atoms with E-state index in [1.165, 1.54) is 12.3 Å². The van der Waals surface area contributed by atoms with E-state index in [9.17, 15) is 18.4 Å². The van der Waals surface area contributed by atoms with Crippen molar-refractivity contribution in [1.29, 1.82) is 0 Å². The number of alkyl carbamates (subject to hydrolysis) is 1. The van der Waals surface area contributed by atoms with Gasteiger partial charge in [0, 0.05) is 31.2 Å². The summed E-state index contributed by atoms with van der Waals surface area (Å²) in [5.41, 5.74) is 0.338. The molecule has 0 radical (unpaired) electrons. The highest BCUT2D eigenvalue weighted by Gasteiger charge is 2.50. The number of fused-ring (bicyclic) bond motifs is 1. The third-order valence-corrected chi connectivity index (χ3v) is 6.33. The Morgan fingerprint density at radius 2 is 2.03 bits per heavy atom. The van der Waals surface area contributed by atoms with E-state index in [1.807, 2.05) is 34.6 Å². The maximum Gasteiger partial charge on any atom is 0.407 e. The van der Waals surface area contributed by atoms with Gasteiger partial charge in [0.25, 0.3) is 0 Å². The van der Waals surface area contributed by atoms with Crippen molar-refractivity contribution in [1.82, 2.24) is 15.2 Å². The second kappa shape index (κ2) is 9.19. The normalized spacial score (nSPS) is 23.3. The Balaban J connectivity index is 1.71. The monoisotopic (exact) mass is 453 g/mol. The molecule has 0 bridgehead atoms. The predicted octanol–water partition coefficient (Wildman–Crippen LogP) is 4.29. The summed E-state index contributed by atoms with van der Waals surface area (Å²) >= 11 is 0. The van der Waals surface area contributed by atoms with Gasteiger partial charge in [0.05, 0.1) is 11.6 Å². The van der Waals surface area contributed by atoms with E-state index in [0.29, 0.717) is 38.8 Å². The van der Waals surface area contributed by atoms with E-state index in [-0.39, 0.29) is 23.6 Å². The van der Waals surface area contributed by atoms with E-state index in [1.54, 1.807) is 4.90 Å². The number of hydrogen-bond donors (Lipinski definition) is 1. The van der Waals surface area contributed by atoms with Crippen molar-refractivity contribution in [2.45, 2.75) is 85.1 Å². The number of amides is 2. The standard InChI is InChI=1S/C23H33F2N3O4/c1-14(2)23(8-6-16(11-23)27-21(30)32-22(3,4)5)19(29)28-9-7-18-15(13-28)10-17(12-26-18)31-20(24)25/h10,12,14,16,20H,6-9,11,13H2,1-5H3,(H,27,30). The van der Waals surface area contributed by atoms with Crippen LogP contribution in [0, 0.1) is 11.3 Å². The fraction of sp³-hybridized carbons (Fsp3) is 0.696. The zero-order chi connectivity index (χ0) is 23.7. The minimum atomic E-state index is -2.92. The Morgan fingerprint density at radius 1 is 1.31 bits per heavy atom. The molecule has 1 aliphatic carbocycles. The number of ether oxygens (including phenoxy) is 2. The Morgan fingerprint density at radius 3 is 2.66 bits per heavy atom. The topological polar surface area (TPSA) is 80.8 Å². The molecule has 0 aromatic carbocycles. The van der Waals surface area contributed by atoms with Gasteiger partial charge in [-0.3, -0.25) is 9.78 Å². The molecule has 3 rings (SSSR count). The van der Waals surface area contributed by atoms with Gasteiger partial charge < -0.3 is 19.7 Å². The van der Waals surface area contributed by atoms with E-state index in [0.717, 1.165) is 11.3 Å². The quantitative estimate of drug-likeness (QED) is 0.720. The summed E-state index contributed by atoms with van der Waals surface area (Å²) in [7, 11) is 0. The van der Waals surface area contributed by atoms with Crippen molar-refractivity contribution in [2.24, 2.45) is 11.3 Å². The Kier molecular flexibility index (Phi) is 6.95. The van der Waals surface area contributed by atoms with Crippen molar-refractivity contribution < 1.29 is 27.8 Å². The Bertz CT molecular complexity index is 856. The molecule has 9 heteroatoms. The fourth-order valence-corrected chi connectivity index (χ4v) is 4.70. The largest absolute Gasteiger partial charge is 0.444 e. The second-order valence-electron chi connectivity index (χ2n) is 10.0. The van der Waals surface area contributed by atoms with Crippen molar-refractivity contribution in [3.05, 3.63) is 23.5 Å². The van der Waals surface area contributed by atoms with Crippen LogP contribution in [0.4, 0.5) is 13.6 Å². The average molecular weight is 454 g/mol. The van der Waals surface area contributed by atoms with Crippen molar-refractivity contribution in [2.75, 3.05) is 6.54 Å². The van der Waals surface area contributed by atoms with E-state index >= 15 is 0 Å². The number of halogens is 2. The zero-order valence-corrected chi connectivity index (χ0v) is 19.4. The molecule has 32 heavy (non-hydrogen) atoms. The fourth-order valence-electron chi connectivity index (χ4n) is 4.70. The molecule has 0 saturated heterocycles. The highest BCUT2D eigenvalue weighted by Crippen LogP contribution is 2.46. The number of rotatable bonds is 5. The SMILES string of the molecule is CC(C)C1(C(=O)N2CCc3ncc(OC(F)F)cc3C2)CCC(NC(=O)OC(C)(C)C)C1. The highest BCUT2D eigenvalue weighted by molar-refractivity contribution is 5.84. The molecule has 1 aromatic rings. The first-order valence-electron chi connectivity index (χ1n) is 11.1. The lowest BCUT2D eigenvalue weighted by molar-refractivity contribution is -0.146. The summed E-state index contributed by atoms with van der Waals surface area (Å²) < 4.78 is 35.0. The lowest BCUT2D eigenvalue weighted by Crippen LogP contribution is -2.48. The molecule has 2 heterocycles. The number of alkyl halides is 2. The van der Waals surface area contributed by atoms with Crippen LogP contribution in [0.25, 0.3) is 0 Å². The van der Waals surface area contributed by atoms with Crippen LogP contribution in [-0.4, -0.2) is 46.7 Å². The summed E-state index contributed by atoms with van der Waals surface area (Å²) in [6.07, 6.45) is 3.28. The van der Waals surface area contributed by atoms with Gasteiger partial charge in [-0.1, -0.05) is 13.8 Å². The summed E-state index contributed by atoms with van der Waals surface area (Å²) in [5.74, 6) is 0.106. The molecule has 1 saturated carbocycles. The number of pyridine rings is 1. The van der Waals surface area contributed by atoms with E-state index < -0.39 is 23.7 Å². The summed E-state index contributed by atoms with van der Waals surface area (Å²) in [6.45, 7) is 7.39. The molecule has 1 aliphatic heterocycles. The molecule has 0 spiro atoms. The van der Waals surface area contributed by atoms with Gasteiger partial charge in [-0.2, -0.15) is 8.78 Å². The molecule has 7 nitrogen and oxygen atoms in total. The molecular formula is C23H33F2N3O4. The summed E-state index contributed by atoms with van der Waals surface area (Å²) in [4.78, 5) is 31.9. The second-order valence-corrected chi connectivity index (χ2v) is 10.0. The first-order valence-corrected chi connectivity index (χ1v) is 11.1. The van der Waals surface area contributed by atoms with Gasteiger partial charge in [0.1, 0.15) is 11.4 Å². The molecule has 2 aliphatic rings. The summed E-state index contributed by atoms with van der Waals surface area (Å²) in [6, 6.07) is 1.40. The van der Waals surface area contributed by atoms with Crippen LogP contribution in [0.1, 0.15) is 65.1 Å². The highest BCUT2D eigenvalue weighted by atomic mass is 19.3. The third kappa shape index (κ3) is 5.48. The van der Waals surface area contributed by atoms with Crippen LogP contribution < -0.4 is 10.1 Å². The van der Waals surface area contributed by atoms with E-state index in [4.69, 9.17) is 4.74 Å². The molecule has 2 unspecified atom stereocenters. The number of nitrogens with one attached hydrogen (secondary N) is 1.